The molecule has 0 aliphatic carbocycles. The molecule has 0 fully saturated rings. The van der Waals surface area contributed by atoms with Crippen LogP contribution in [-0.2, 0) is 4.79 Å². The number of tetrazole rings is 1. The maximum absolute atomic E-state index is 11.8. The summed E-state index contributed by atoms with van der Waals surface area (Å²) >= 11 is 11.8. The van der Waals surface area contributed by atoms with Crippen molar-refractivity contribution in [1.82, 2.24) is 20.2 Å². The molecule has 7 nitrogen and oxygen atoms in total. The molecule has 0 aliphatic rings. The van der Waals surface area contributed by atoms with E-state index in [1.54, 1.807) is 36.4 Å². The Morgan fingerprint density at radius 1 is 1.12 bits per heavy atom. The molecule has 3 rings (SSSR count). The van der Waals surface area contributed by atoms with Gasteiger partial charge in [-0.25, -0.2) is 9.48 Å². The first kappa shape index (κ1) is 16.2. The number of aromatic nitrogens is 4. The Labute approximate surface area is 146 Å². The Hall–Kier alpha value is -2.64. The Balaban J connectivity index is 1.56. The van der Waals surface area contributed by atoms with Crippen molar-refractivity contribution in [1.29, 1.82) is 0 Å². The van der Waals surface area contributed by atoms with Gasteiger partial charge in [-0.2, -0.15) is 0 Å². The van der Waals surface area contributed by atoms with Gasteiger partial charge in [-0.15, -0.1) is 5.10 Å². The third-order valence-corrected chi connectivity index (χ3v) is 3.45. The molecule has 1 aromatic heterocycles. The molecule has 0 aliphatic heterocycles. The Bertz CT molecular complexity index is 838. The standard InChI is InChI=1S/C15H10Cl2N4O3/c16-10-1-6-14(13(17)7-10)23-8-15(22)24-12-4-2-11(3-5-12)21-9-18-19-20-21/h1-7,9H,8H2. The van der Waals surface area contributed by atoms with Crippen molar-refractivity contribution < 1.29 is 14.3 Å². The second kappa shape index (κ2) is 7.29. The number of hydrogen-bond acceptors (Lipinski definition) is 6. The van der Waals surface area contributed by atoms with E-state index in [0.717, 1.165) is 5.69 Å². The van der Waals surface area contributed by atoms with E-state index in [1.165, 1.54) is 17.1 Å². The summed E-state index contributed by atoms with van der Waals surface area (Å²) in [4.78, 5) is 11.8. The zero-order valence-corrected chi connectivity index (χ0v) is 13.6. The smallest absolute Gasteiger partial charge is 0.349 e. The first-order chi connectivity index (χ1) is 11.6. The molecule has 0 bridgehead atoms. The van der Waals surface area contributed by atoms with Gasteiger partial charge in [-0.1, -0.05) is 23.2 Å². The third-order valence-electron chi connectivity index (χ3n) is 2.92. The molecule has 0 saturated carbocycles. The fourth-order valence-corrected chi connectivity index (χ4v) is 2.30. The van der Waals surface area contributed by atoms with E-state index < -0.39 is 5.97 Å². The maximum atomic E-state index is 11.8. The third kappa shape index (κ3) is 4.01. The van der Waals surface area contributed by atoms with Crippen LogP contribution in [0.1, 0.15) is 0 Å². The lowest BCUT2D eigenvalue weighted by Gasteiger charge is -2.08. The summed E-state index contributed by atoms with van der Waals surface area (Å²) in [6.45, 7) is -0.282. The van der Waals surface area contributed by atoms with E-state index in [4.69, 9.17) is 32.7 Å². The van der Waals surface area contributed by atoms with Crippen molar-refractivity contribution in [2.24, 2.45) is 0 Å². The normalized spacial score (nSPS) is 10.4. The second-order valence-corrected chi connectivity index (χ2v) is 5.43. The van der Waals surface area contributed by atoms with Gasteiger partial charge in [-0.05, 0) is 52.9 Å². The van der Waals surface area contributed by atoms with Gasteiger partial charge in [0.25, 0.3) is 0 Å². The summed E-state index contributed by atoms with van der Waals surface area (Å²) in [7, 11) is 0. The van der Waals surface area contributed by atoms with Crippen molar-refractivity contribution in [3.05, 3.63) is 58.8 Å². The van der Waals surface area contributed by atoms with Crippen molar-refractivity contribution in [3.8, 4) is 17.2 Å². The summed E-state index contributed by atoms with van der Waals surface area (Å²) in [5, 5.41) is 11.7. The number of carbonyl (C=O) groups excluding carboxylic acids is 1. The number of benzene rings is 2. The summed E-state index contributed by atoms with van der Waals surface area (Å²) in [6, 6.07) is 11.4. The van der Waals surface area contributed by atoms with Crippen LogP contribution < -0.4 is 9.47 Å². The van der Waals surface area contributed by atoms with Crippen molar-refractivity contribution in [2.45, 2.75) is 0 Å². The van der Waals surface area contributed by atoms with Crippen LogP contribution in [0.2, 0.25) is 10.0 Å². The summed E-state index contributed by atoms with van der Waals surface area (Å²) < 4.78 is 12.0. The SMILES string of the molecule is O=C(COc1ccc(Cl)cc1Cl)Oc1ccc(-n2cnnn2)cc1. The molecule has 0 spiro atoms. The molecule has 2 aromatic carbocycles. The number of rotatable bonds is 5. The molecule has 0 radical (unpaired) electrons. The quantitative estimate of drug-likeness (QED) is 0.511. The molecule has 0 unspecified atom stereocenters. The van der Waals surface area contributed by atoms with Crippen LogP contribution in [0.3, 0.4) is 0 Å². The van der Waals surface area contributed by atoms with Crippen molar-refractivity contribution >= 4 is 29.2 Å². The Morgan fingerprint density at radius 2 is 1.92 bits per heavy atom. The molecular formula is C15H10Cl2N4O3. The number of ether oxygens (including phenoxy) is 2. The van der Waals surface area contributed by atoms with Crippen LogP contribution in [0, 0.1) is 0 Å². The molecule has 0 saturated heterocycles. The predicted molar refractivity (Wildman–Crippen MR) is 86.7 cm³/mol. The van der Waals surface area contributed by atoms with Gasteiger partial charge in [0.15, 0.2) is 6.61 Å². The van der Waals surface area contributed by atoms with Gasteiger partial charge in [0.05, 0.1) is 10.7 Å². The minimum absolute atomic E-state index is 0.282. The first-order valence-electron chi connectivity index (χ1n) is 6.74. The highest BCUT2D eigenvalue weighted by atomic mass is 35.5. The molecule has 0 atom stereocenters. The number of carbonyl (C=O) groups is 1. The fraction of sp³-hybridized carbons (Fsp3) is 0.0667. The molecule has 1 heterocycles. The van der Waals surface area contributed by atoms with Gasteiger partial charge in [-0.3, -0.25) is 0 Å². The van der Waals surface area contributed by atoms with E-state index in [0.29, 0.717) is 21.5 Å². The van der Waals surface area contributed by atoms with Gasteiger partial charge in [0.2, 0.25) is 0 Å². The zero-order valence-electron chi connectivity index (χ0n) is 12.1. The first-order valence-corrected chi connectivity index (χ1v) is 7.49. The highest BCUT2D eigenvalue weighted by molar-refractivity contribution is 6.35. The van der Waals surface area contributed by atoms with E-state index in [-0.39, 0.29) is 6.61 Å². The highest BCUT2D eigenvalue weighted by Gasteiger charge is 2.09. The van der Waals surface area contributed by atoms with Crippen LogP contribution in [-0.4, -0.2) is 32.8 Å². The van der Waals surface area contributed by atoms with E-state index in [9.17, 15) is 4.79 Å². The van der Waals surface area contributed by atoms with Crippen LogP contribution >= 0.6 is 23.2 Å². The molecule has 0 amide bonds. The monoisotopic (exact) mass is 364 g/mol. The van der Waals surface area contributed by atoms with Gasteiger partial charge < -0.3 is 9.47 Å². The molecule has 3 aromatic rings. The lowest BCUT2D eigenvalue weighted by atomic mass is 10.3. The van der Waals surface area contributed by atoms with E-state index in [1.807, 2.05) is 0 Å². The molecule has 0 N–H and O–H groups in total. The average Bonchev–Trinajstić information content (AvgIpc) is 3.09. The Morgan fingerprint density at radius 3 is 2.58 bits per heavy atom. The average molecular weight is 365 g/mol. The van der Waals surface area contributed by atoms with E-state index in [2.05, 4.69) is 15.5 Å². The largest absolute Gasteiger partial charge is 0.480 e. The summed E-state index contributed by atoms with van der Waals surface area (Å²) in [5.74, 6) is 0.172. The number of hydrogen-bond donors (Lipinski definition) is 0. The summed E-state index contributed by atoms with van der Waals surface area (Å²) in [6.07, 6.45) is 1.46. The minimum Gasteiger partial charge on any atom is -0.480 e. The Kier molecular flexibility index (Phi) is 4.93. The predicted octanol–water partition coefficient (Wildman–Crippen LogP) is 2.95. The van der Waals surface area contributed by atoms with Gasteiger partial charge in [0, 0.05) is 5.02 Å². The van der Waals surface area contributed by atoms with Crippen LogP contribution in [0.15, 0.2) is 48.8 Å². The molecule has 24 heavy (non-hydrogen) atoms. The maximum Gasteiger partial charge on any atom is 0.349 e. The van der Waals surface area contributed by atoms with Gasteiger partial charge >= 0.3 is 5.97 Å². The van der Waals surface area contributed by atoms with Crippen molar-refractivity contribution in [3.63, 3.8) is 0 Å². The molecule has 122 valence electrons. The number of halogens is 2. The summed E-state index contributed by atoms with van der Waals surface area (Å²) in [5.41, 5.74) is 0.740. The van der Waals surface area contributed by atoms with Crippen LogP contribution in [0.4, 0.5) is 0 Å². The lowest BCUT2D eigenvalue weighted by Crippen LogP contribution is -2.17. The van der Waals surface area contributed by atoms with Crippen LogP contribution in [0.5, 0.6) is 11.5 Å². The second-order valence-electron chi connectivity index (χ2n) is 4.59. The number of nitrogens with zero attached hydrogens (tertiary/aromatic N) is 4. The highest BCUT2D eigenvalue weighted by Crippen LogP contribution is 2.27. The minimum atomic E-state index is -0.559. The topological polar surface area (TPSA) is 79.1 Å². The number of esters is 1. The van der Waals surface area contributed by atoms with Gasteiger partial charge in [0.1, 0.15) is 17.8 Å². The molecule has 9 heteroatoms. The lowest BCUT2D eigenvalue weighted by molar-refractivity contribution is -0.136. The molecular weight excluding hydrogens is 355 g/mol. The fourth-order valence-electron chi connectivity index (χ4n) is 1.84. The zero-order chi connectivity index (χ0) is 16.9. The van der Waals surface area contributed by atoms with E-state index >= 15 is 0 Å². The van der Waals surface area contributed by atoms with Crippen LogP contribution in [0.25, 0.3) is 5.69 Å². The van der Waals surface area contributed by atoms with Crippen molar-refractivity contribution in [2.75, 3.05) is 6.61 Å².